The number of hydrogen-bond acceptors (Lipinski definition) is 4. The van der Waals surface area contributed by atoms with Crippen LogP contribution in [0.25, 0.3) is 0 Å². The van der Waals surface area contributed by atoms with Crippen molar-refractivity contribution >= 4 is 44.6 Å². The Balaban J connectivity index is 2.33. The zero-order valence-corrected chi connectivity index (χ0v) is 13.5. The summed E-state index contributed by atoms with van der Waals surface area (Å²) in [7, 11) is -3.71. The van der Waals surface area contributed by atoms with Crippen LogP contribution in [0.2, 0.25) is 10.0 Å². The maximum Gasteiger partial charge on any atom is 0.238 e. The molecule has 8 heteroatoms. The van der Waals surface area contributed by atoms with Gasteiger partial charge in [0.25, 0.3) is 0 Å². The Morgan fingerprint density at radius 1 is 1.00 bits per heavy atom. The van der Waals surface area contributed by atoms with Crippen LogP contribution in [0.4, 0.5) is 5.69 Å². The predicted octanol–water partition coefficient (Wildman–Crippen LogP) is 2.72. The van der Waals surface area contributed by atoms with E-state index in [-0.39, 0.29) is 32.3 Å². The highest BCUT2D eigenvalue weighted by molar-refractivity contribution is 7.91. The van der Waals surface area contributed by atoms with Crippen molar-refractivity contribution < 1.29 is 13.2 Å². The number of halogens is 2. The van der Waals surface area contributed by atoms with Gasteiger partial charge in [-0.15, -0.1) is 0 Å². The largest absolute Gasteiger partial charge is 0.325 e. The Morgan fingerprint density at radius 2 is 1.59 bits per heavy atom. The minimum absolute atomic E-state index is 0.0423. The molecule has 0 aromatic heterocycles. The number of amides is 1. The number of anilines is 1. The lowest BCUT2D eigenvalue weighted by atomic mass is 10.3. The van der Waals surface area contributed by atoms with Crippen LogP contribution in [-0.2, 0) is 14.6 Å². The minimum Gasteiger partial charge on any atom is -0.325 e. The van der Waals surface area contributed by atoms with E-state index in [1.165, 1.54) is 42.5 Å². The molecule has 1 amide bonds. The van der Waals surface area contributed by atoms with Crippen LogP contribution in [0.1, 0.15) is 0 Å². The van der Waals surface area contributed by atoms with Crippen molar-refractivity contribution in [1.82, 2.24) is 0 Å². The Morgan fingerprint density at radius 3 is 2.14 bits per heavy atom. The average molecular weight is 359 g/mol. The van der Waals surface area contributed by atoms with E-state index in [4.69, 9.17) is 28.9 Å². The minimum atomic E-state index is -3.71. The SMILES string of the molecule is NCC(=O)Nc1ccc(S(=O)(=O)c2ccc(Cl)c(Cl)c2)cc1. The van der Waals surface area contributed by atoms with Gasteiger partial charge in [-0.3, -0.25) is 4.79 Å². The Bertz CT molecular complexity index is 805. The molecule has 0 spiro atoms. The van der Waals surface area contributed by atoms with Gasteiger partial charge in [-0.2, -0.15) is 0 Å². The van der Waals surface area contributed by atoms with Crippen molar-refractivity contribution in [3.05, 3.63) is 52.5 Å². The van der Waals surface area contributed by atoms with Crippen molar-refractivity contribution in [2.45, 2.75) is 9.79 Å². The molecule has 0 saturated carbocycles. The topological polar surface area (TPSA) is 89.3 Å². The number of hydrogen-bond donors (Lipinski definition) is 2. The smallest absolute Gasteiger partial charge is 0.238 e. The van der Waals surface area contributed by atoms with Crippen LogP contribution < -0.4 is 11.1 Å². The first kappa shape index (κ1) is 16.8. The fourth-order valence-corrected chi connectivity index (χ4v) is 3.36. The van der Waals surface area contributed by atoms with Crippen molar-refractivity contribution in [3.63, 3.8) is 0 Å². The van der Waals surface area contributed by atoms with E-state index >= 15 is 0 Å². The highest BCUT2D eigenvalue weighted by Crippen LogP contribution is 2.28. The molecule has 2 rings (SSSR count). The summed E-state index contributed by atoms with van der Waals surface area (Å²) >= 11 is 11.6. The molecule has 0 heterocycles. The normalized spacial score (nSPS) is 11.2. The summed E-state index contributed by atoms with van der Waals surface area (Å²) in [4.78, 5) is 11.3. The third-order valence-electron chi connectivity index (χ3n) is 2.84. The highest BCUT2D eigenvalue weighted by Gasteiger charge is 2.18. The lowest BCUT2D eigenvalue weighted by molar-refractivity contribution is -0.114. The third kappa shape index (κ3) is 3.59. The van der Waals surface area contributed by atoms with Crippen LogP contribution in [0.5, 0.6) is 0 Å². The molecule has 0 aliphatic carbocycles. The molecule has 116 valence electrons. The first-order valence-electron chi connectivity index (χ1n) is 6.14. The Kier molecular flexibility index (Phi) is 5.08. The van der Waals surface area contributed by atoms with Gasteiger partial charge in [-0.1, -0.05) is 23.2 Å². The van der Waals surface area contributed by atoms with Gasteiger partial charge in [0.15, 0.2) is 0 Å². The van der Waals surface area contributed by atoms with E-state index in [2.05, 4.69) is 5.32 Å². The maximum absolute atomic E-state index is 12.5. The van der Waals surface area contributed by atoms with Crippen molar-refractivity contribution in [2.75, 3.05) is 11.9 Å². The molecule has 0 bridgehead atoms. The molecule has 0 aliphatic heterocycles. The summed E-state index contributed by atoms with van der Waals surface area (Å²) in [5.74, 6) is -0.361. The zero-order chi connectivity index (χ0) is 16.3. The summed E-state index contributed by atoms with van der Waals surface area (Å²) in [5, 5.41) is 2.97. The van der Waals surface area contributed by atoms with Gasteiger partial charge in [0, 0.05) is 5.69 Å². The van der Waals surface area contributed by atoms with E-state index in [0.29, 0.717) is 5.69 Å². The Labute approximate surface area is 138 Å². The van der Waals surface area contributed by atoms with Crippen LogP contribution in [0.3, 0.4) is 0 Å². The van der Waals surface area contributed by atoms with Gasteiger partial charge >= 0.3 is 0 Å². The number of nitrogens with two attached hydrogens (primary N) is 1. The monoisotopic (exact) mass is 358 g/mol. The van der Waals surface area contributed by atoms with Crippen LogP contribution in [0, 0.1) is 0 Å². The van der Waals surface area contributed by atoms with Crippen molar-refractivity contribution in [3.8, 4) is 0 Å². The number of sulfone groups is 1. The fraction of sp³-hybridized carbons (Fsp3) is 0.0714. The molecule has 3 N–H and O–H groups in total. The molecular weight excluding hydrogens is 347 g/mol. The maximum atomic E-state index is 12.5. The van der Waals surface area contributed by atoms with E-state index in [1.807, 2.05) is 0 Å². The second kappa shape index (κ2) is 6.66. The first-order chi connectivity index (χ1) is 10.3. The van der Waals surface area contributed by atoms with Gasteiger partial charge in [0.2, 0.25) is 15.7 Å². The average Bonchev–Trinajstić information content (AvgIpc) is 2.50. The molecule has 0 aliphatic rings. The first-order valence-corrected chi connectivity index (χ1v) is 8.38. The van der Waals surface area contributed by atoms with E-state index < -0.39 is 9.84 Å². The summed E-state index contributed by atoms with van der Waals surface area (Å²) in [6.07, 6.45) is 0. The van der Waals surface area contributed by atoms with Gasteiger partial charge in [0.1, 0.15) is 0 Å². The molecular formula is C14H12Cl2N2O3S. The highest BCUT2D eigenvalue weighted by atomic mass is 35.5. The number of nitrogens with one attached hydrogen (secondary N) is 1. The van der Waals surface area contributed by atoms with Gasteiger partial charge < -0.3 is 11.1 Å². The number of carbonyl (C=O) groups is 1. The molecule has 5 nitrogen and oxygen atoms in total. The summed E-state index contributed by atoms with van der Waals surface area (Å²) in [5.41, 5.74) is 5.65. The van der Waals surface area contributed by atoms with Crippen LogP contribution in [-0.4, -0.2) is 20.9 Å². The summed E-state index contributed by atoms with van der Waals surface area (Å²) in [6.45, 7) is -0.149. The quantitative estimate of drug-likeness (QED) is 0.879. The molecule has 0 fully saturated rings. The molecule has 0 atom stereocenters. The van der Waals surface area contributed by atoms with Crippen LogP contribution >= 0.6 is 23.2 Å². The van der Waals surface area contributed by atoms with Crippen molar-refractivity contribution in [2.24, 2.45) is 5.73 Å². The molecule has 0 saturated heterocycles. The van der Waals surface area contributed by atoms with Gasteiger partial charge in [0.05, 0.1) is 26.4 Å². The second-order valence-corrected chi connectivity index (χ2v) is 7.12. The molecule has 2 aromatic carbocycles. The summed E-state index contributed by atoms with van der Waals surface area (Å²) < 4.78 is 25.0. The van der Waals surface area contributed by atoms with Gasteiger partial charge in [-0.25, -0.2) is 8.42 Å². The molecule has 0 unspecified atom stereocenters. The number of rotatable bonds is 4. The zero-order valence-electron chi connectivity index (χ0n) is 11.2. The molecule has 2 aromatic rings. The molecule has 0 radical (unpaired) electrons. The van der Waals surface area contributed by atoms with E-state index in [1.54, 1.807) is 0 Å². The standard InChI is InChI=1S/C14H12Cl2N2O3S/c15-12-6-5-11(7-13(12)16)22(20,21)10-3-1-9(2-4-10)18-14(19)8-17/h1-7H,8,17H2,(H,18,19). The number of carbonyl (C=O) groups excluding carboxylic acids is 1. The fourth-order valence-electron chi connectivity index (χ4n) is 1.71. The van der Waals surface area contributed by atoms with E-state index in [9.17, 15) is 13.2 Å². The van der Waals surface area contributed by atoms with Gasteiger partial charge in [-0.05, 0) is 42.5 Å². The van der Waals surface area contributed by atoms with E-state index in [0.717, 1.165) is 0 Å². The predicted molar refractivity (Wildman–Crippen MR) is 86.0 cm³/mol. The Hall–Kier alpha value is -1.60. The lowest BCUT2D eigenvalue weighted by Gasteiger charge is -2.08. The summed E-state index contributed by atoms with van der Waals surface area (Å²) in [6, 6.07) is 9.85. The second-order valence-electron chi connectivity index (χ2n) is 4.36. The molecule has 22 heavy (non-hydrogen) atoms. The van der Waals surface area contributed by atoms with Crippen molar-refractivity contribution in [1.29, 1.82) is 0 Å². The number of benzene rings is 2. The van der Waals surface area contributed by atoms with Crippen LogP contribution in [0.15, 0.2) is 52.3 Å². The lowest BCUT2D eigenvalue weighted by Crippen LogP contribution is -2.21. The third-order valence-corrected chi connectivity index (χ3v) is 5.34.